The number of amides is 1. The molecular weight excluding hydrogens is 173 g/mol. The second-order valence-corrected chi connectivity index (χ2v) is 2.47. The highest BCUT2D eigenvalue weighted by Crippen LogP contribution is 2.10. The van der Waals surface area contributed by atoms with Crippen LogP contribution in [0.5, 0.6) is 0 Å². The van der Waals surface area contributed by atoms with Gasteiger partial charge in [0.2, 0.25) is 5.95 Å². The highest BCUT2D eigenvalue weighted by Gasteiger charge is 2.19. The molecule has 0 aliphatic rings. The van der Waals surface area contributed by atoms with Gasteiger partial charge in [-0.15, -0.1) is 0 Å². The molecule has 0 saturated heterocycles. The van der Waals surface area contributed by atoms with Crippen LogP contribution in [0.25, 0.3) is 0 Å². The lowest BCUT2D eigenvalue weighted by Gasteiger charge is -1.95. The van der Waals surface area contributed by atoms with Gasteiger partial charge in [-0.1, -0.05) is 6.42 Å². The Kier molecular flexibility index (Phi) is 2.33. The van der Waals surface area contributed by atoms with Gasteiger partial charge < -0.3 is 0 Å². The van der Waals surface area contributed by atoms with Gasteiger partial charge in [0, 0.05) is 13.1 Å². The molecule has 1 heterocycles. The summed E-state index contributed by atoms with van der Waals surface area (Å²) in [6, 6.07) is 1.93. The Bertz CT molecular complexity index is 389. The summed E-state index contributed by atoms with van der Waals surface area (Å²) in [5.41, 5.74) is 0.202. The van der Waals surface area contributed by atoms with Crippen LogP contribution in [0.3, 0.4) is 0 Å². The molecule has 0 spiro atoms. The number of hydrogen-bond acceptors (Lipinski definition) is 2. The third kappa shape index (κ3) is 1.51. The number of halogens is 1. The molecule has 4 nitrogen and oxygen atoms in total. The molecule has 0 aliphatic heterocycles. The number of aryl methyl sites for hydroxylation is 2. The van der Waals surface area contributed by atoms with E-state index in [0.29, 0.717) is 5.69 Å². The zero-order chi connectivity index (χ0) is 10.0. The van der Waals surface area contributed by atoms with Gasteiger partial charge in [-0.25, -0.2) is 4.68 Å². The van der Waals surface area contributed by atoms with Gasteiger partial charge in [-0.3, -0.25) is 10.1 Å². The van der Waals surface area contributed by atoms with Gasteiger partial charge in [0.25, 0.3) is 5.91 Å². The molecule has 1 N–H and O–H groups in total. The number of hydrogen-bond donors (Lipinski definition) is 1. The summed E-state index contributed by atoms with van der Waals surface area (Å²) < 4.78 is 14.2. The van der Waals surface area contributed by atoms with E-state index in [9.17, 15) is 9.18 Å². The minimum Gasteiger partial charge on any atom is -0.281 e. The first-order valence-corrected chi connectivity index (χ1v) is 3.53. The smallest absolute Gasteiger partial charge is 0.269 e. The zero-order valence-corrected chi connectivity index (χ0v) is 7.26. The fraction of sp³-hybridized carbons (Fsp3) is 0.250. The molecule has 0 radical (unpaired) electrons. The standard InChI is InChI=1S/C8H8FN3O/c1-4-10-8(13)6-5(2)11-12(3)7(6)9/h1H,2-3H3,(H,10,13). The van der Waals surface area contributed by atoms with Gasteiger partial charge in [-0.2, -0.15) is 9.49 Å². The van der Waals surface area contributed by atoms with E-state index < -0.39 is 11.9 Å². The summed E-state index contributed by atoms with van der Waals surface area (Å²) >= 11 is 0. The molecule has 1 amide bonds. The molecule has 0 atom stereocenters. The minimum atomic E-state index is -0.690. The molecular formula is C8H8FN3O. The molecule has 1 aromatic heterocycles. The molecule has 0 bridgehead atoms. The number of carbonyl (C=O) groups is 1. The summed E-state index contributed by atoms with van der Waals surface area (Å²) in [5, 5.41) is 5.78. The first-order valence-electron chi connectivity index (χ1n) is 3.53. The molecule has 0 saturated carbocycles. The fourth-order valence-corrected chi connectivity index (χ4v) is 1.02. The van der Waals surface area contributed by atoms with Crippen LogP contribution in [0.1, 0.15) is 16.1 Å². The van der Waals surface area contributed by atoms with Crippen molar-refractivity contribution in [3.63, 3.8) is 0 Å². The zero-order valence-electron chi connectivity index (χ0n) is 7.26. The lowest BCUT2D eigenvalue weighted by atomic mass is 10.2. The molecule has 13 heavy (non-hydrogen) atoms. The van der Waals surface area contributed by atoms with Gasteiger partial charge in [-0.05, 0) is 6.92 Å². The molecule has 0 aromatic carbocycles. The van der Waals surface area contributed by atoms with Crippen LogP contribution in [-0.4, -0.2) is 15.7 Å². The van der Waals surface area contributed by atoms with Gasteiger partial charge >= 0.3 is 0 Å². The van der Waals surface area contributed by atoms with Crippen molar-refractivity contribution < 1.29 is 9.18 Å². The van der Waals surface area contributed by atoms with Gasteiger partial charge in [0.15, 0.2) is 0 Å². The Hall–Kier alpha value is -1.83. The molecule has 0 aliphatic carbocycles. The van der Waals surface area contributed by atoms with Crippen molar-refractivity contribution in [2.75, 3.05) is 0 Å². The van der Waals surface area contributed by atoms with Gasteiger partial charge in [0.1, 0.15) is 5.56 Å². The van der Waals surface area contributed by atoms with Crippen molar-refractivity contribution >= 4 is 5.91 Å². The van der Waals surface area contributed by atoms with Crippen molar-refractivity contribution in [2.24, 2.45) is 7.05 Å². The molecule has 0 fully saturated rings. The summed E-state index contributed by atoms with van der Waals surface area (Å²) in [4.78, 5) is 11.2. The average molecular weight is 181 g/mol. The number of nitrogens with zero attached hydrogens (tertiary/aromatic N) is 2. The largest absolute Gasteiger partial charge is 0.281 e. The van der Waals surface area contributed by atoms with Crippen molar-refractivity contribution in [3.05, 3.63) is 17.2 Å². The van der Waals surface area contributed by atoms with Crippen LogP contribution in [0.15, 0.2) is 0 Å². The maximum absolute atomic E-state index is 13.2. The highest BCUT2D eigenvalue weighted by atomic mass is 19.1. The van der Waals surface area contributed by atoms with E-state index in [4.69, 9.17) is 6.42 Å². The monoisotopic (exact) mass is 181 g/mol. The van der Waals surface area contributed by atoms with Crippen molar-refractivity contribution in [2.45, 2.75) is 6.92 Å². The van der Waals surface area contributed by atoms with Crippen LogP contribution in [0.4, 0.5) is 4.39 Å². The minimum absolute atomic E-state index is 0.111. The van der Waals surface area contributed by atoms with Crippen LogP contribution in [0, 0.1) is 25.3 Å². The quantitative estimate of drug-likeness (QED) is 0.496. The van der Waals surface area contributed by atoms with E-state index in [1.165, 1.54) is 14.0 Å². The van der Waals surface area contributed by atoms with E-state index in [1.807, 2.05) is 6.04 Å². The Morgan fingerprint density at radius 3 is 2.77 bits per heavy atom. The predicted molar refractivity (Wildman–Crippen MR) is 44.2 cm³/mol. The average Bonchev–Trinajstić information content (AvgIpc) is 2.27. The predicted octanol–water partition coefficient (Wildman–Crippen LogP) is 0.188. The van der Waals surface area contributed by atoms with Crippen molar-refractivity contribution in [1.29, 1.82) is 0 Å². The summed E-state index contributed by atoms with van der Waals surface area (Å²) in [5.74, 6) is -1.34. The lowest BCUT2D eigenvalue weighted by Crippen LogP contribution is -2.19. The topological polar surface area (TPSA) is 46.9 Å². The number of carbonyl (C=O) groups excluding carboxylic acids is 1. The van der Waals surface area contributed by atoms with E-state index in [2.05, 4.69) is 10.4 Å². The molecule has 1 rings (SSSR count). The van der Waals surface area contributed by atoms with E-state index in [0.717, 1.165) is 4.68 Å². The Balaban J connectivity index is 3.15. The maximum atomic E-state index is 13.2. The summed E-state index contributed by atoms with van der Waals surface area (Å²) in [7, 11) is 1.41. The first-order chi connectivity index (χ1) is 6.07. The van der Waals surface area contributed by atoms with E-state index in [1.54, 1.807) is 0 Å². The SMILES string of the molecule is C#CNC(=O)c1c(C)nn(C)c1F. The van der Waals surface area contributed by atoms with Crippen LogP contribution in [-0.2, 0) is 7.05 Å². The Labute approximate surface area is 74.7 Å². The van der Waals surface area contributed by atoms with Gasteiger partial charge in [0.05, 0.1) is 5.69 Å². The number of rotatable bonds is 1. The second kappa shape index (κ2) is 3.27. The summed E-state index contributed by atoms with van der Waals surface area (Å²) in [6.45, 7) is 1.54. The fourth-order valence-electron chi connectivity index (χ4n) is 1.02. The molecule has 68 valence electrons. The van der Waals surface area contributed by atoms with Crippen molar-refractivity contribution in [3.8, 4) is 12.5 Å². The maximum Gasteiger partial charge on any atom is 0.269 e. The Morgan fingerprint density at radius 2 is 2.38 bits per heavy atom. The second-order valence-electron chi connectivity index (χ2n) is 2.47. The third-order valence-corrected chi connectivity index (χ3v) is 1.56. The molecule has 1 aromatic rings. The molecule has 5 heteroatoms. The lowest BCUT2D eigenvalue weighted by molar-refractivity contribution is 0.0968. The van der Waals surface area contributed by atoms with Crippen LogP contribution >= 0.6 is 0 Å². The van der Waals surface area contributed by atoms with Crippen LogP contribution in [0.2, 0.25) is 0 Å². The van der Waals surface area contributed by atoms with Crippen molar-refractivity contribution in [1.82, 2.24) is 15.1 Å². The van der Waals surface area contributed by atoms with Crippen LogP contribution < -0.4 is 5.32 Å². The summed E-state index contributed by atoms with van der Waals surface area (Å²) in [6.07, 6.45) is 4.84. The number of aromatic nitrogens is 2. The first kappa shape index (κ1) is 9.26. The highest BCUT2D eigenvalue weighted by molar-refractivity contribution is 5.96. The Morgan fingerprint density at radius 1 is 1.77 bits per heavy atom. The normalized spacial score (nSPS) is 9.38. The third-order valence-electron chi connectivity index (χ3n) is 1.56. The molecule has 0 unspecified atom stereocenters. The van der Waals surface area contributed by atoms with E-state index >= 15 is 0 Å². The number of terminal acetylenes is 1. The number of nitrogens with one attached hydrogen (secondary N) is 1. The van der Waals surface area contributed by atoms with E-state index in [-0.39, 0.29) is 5.56 Å².